The molecular formula is C23H22BN3. The van der Waals surface area contributed by atoms with Gasteiger partial charge in [0.25, 0.3) is 0 Å². The van der Waals surface area contributed by atoms with Gasteiger partial charge in [-0.1, -0.05) is 54.6 Å². The number of anilines is 3. The van der Waals surface area contributed by atoms with Crippen LogP contribution in [0, 0.1) is 0 Å². The Morgan fingerprint density at radius 1 is 0.778 bits per heavy atom. The number of hydrogen-bond acceptors (Lipinski definition) is 3. The Morgan fingerprint density at radius 3 is 2.26 bits per heavy atom. The third-order valence-electron chi connectivity index (χ3n) is 5.64. The lowest BCUT2D eigenvalue weighted by atomic mass is 9.60. The molecule has 2 heterocycles. The first-order chi connectivity index (χ1) is 13.3. The third-order valence-corrected chi connectivity index (χ3v) is 5.64. The fraction of sp³-hybridized carbons (Fsp3) is 0.130. The summed E-state index contributed by atoms with van der Waals surface area (Å²) in [5.74, 6) is 0. The Labute approximate surface area is 161 Å². The standard InChI is InChI=1S/C23H22BN3/c1-18-26(20-11-4-3-5-12-20)22-14-8-9-15-23(22)27(18)24-21-13-7-6-10-19(21)16-17-25(24)2/h3-18H,1-2H3/t18-/m0/s1. The van der Waals surface area contributed by atoms with Gasteiger partial charge in [0.15, 0.2) is 0 Å². The van der Waals surface area contributed by atoms with Crippen LogP contribution < -0.4 is 15.2 Å². The average molecular weight is 351 g/mol. The van der Waals surface area contributed by atoms with E-state index in [1.165, 1.54) is 28.1 Å². The lowest BCUT2D eigenvalue weighted by Gasteiger charge is -2.40. The van der Waals surface area contributed by atoms with Gasteiger partial charge in [0.1, 0.15) is 0 Å². The Balaban J connectivity index is 1.66. The highest BCUT2D eigenvalue weighted by molar-refractivity contribution is 6.76. The maximum atomic E-state index is 2.53. The van der Waals surface area contributed by atoms with Crippen LogP contribution in [0.15, 0.2) is 85.1 Å². The van der Waals surface area contributed by atoms with E-state index >= 15 is 0 Å². The first-order valence-electron chi connectivity index (χ1n) is 9.46. The Kier molecular flexibility index (Phi) is 3.71. The number of rotatable bonds is 2. The van der Waals surface area contributed by atoms with Crippen molar-refractivity contribution in [3.63, 3.8) is 0 Å². The SMILES string of the molecule is C[C@@H]1N(B2c3ccccc3C=CN2C)c2ccccc2N1c1ccccc1. The van der Waals surface area contributed by atoms with Gasteiger partial charge in [-0.25, -0.2) is 0 Å². The second kappa shape index (κ2) is 6.24. The van der Waals surface area contributed by atoms with Crippen LogP contribution >= 0.6 is 0 Å². The molecule has 0 bridgehead atoms. The van der Waals surface area contributed by atoms with Gasteiger partial charge in [-0.2, -0.15) is 0 Å². The fourth-order valence-corrected chi connectivity index (χ4v) is 4.44. The minimum absolute atomic E-state index is 0.163. The van der Waals surface area contributed by atoms with Crippen molar-refractivity contribution >= 4 is 35.6 Å². The molecule has 0 aliphatic carbocycles. The molecule has 5 rings (SSSR count). The van der Waals surface area contributed by atoms with Crippen molar-refractivity contribution in [2.24, 2.45) is 0 Å². The van der Waals surface area contributed by atoms with Gasteiger partial charge in [-0.15, -0.1) is 0 Å². The van der Waals surface area contributed by atoms with Crippen LogP contribution in [0.25, 0.3) is 6.08 Å². The van der Waals surface area contributed by atoms with E-state index in [1.807, 2.05) is 0 Å². The van der Waals surface area contributed by atoms with Crippen LogP contribution in [0.1, 0.15) is 12.5 Å². The van der Waals surface area contributed by atoms with E-state index in [0.29, 0.717) is 0 Å². The summed E-state index contributed by atoms with van der Waals surface area (Å²) >= 11 is 0. The third kappa shape index (κ3) is 2.44. The summed E-state index contributed by atoms with van der Waals surface area (Å²) < 4.78 is 0. The maximum Gasteiger partial charge on any atom is 0.412 e. The number of nitrogens with zero attached hydrogens (tertiary/aromatic N) is 3. The number of hydrogen-bond donors (Lipinski definition) is 0. The van der Waals surface area contributed by atoms with Crippen LogP contribution in [-0.2, 0) is 0 Å². The lowest BCUT2D eigenvalue weighted by molar-refractivity contribution is 0.678. The summed E-state index contributed by atoms with van der Waals surface area (Å²) in [6.07, 6.45) is 4.60. The zero-order chi connectivity index (χ0) is 18.4. The summed E-state index contributed by atoms with van der Waals surface area (Å²) in [6.45, 7) is 2.46. The van der Waals surface area contributed by atoms with Crippen LogP contribution in [-0.4, -0.2) is 25.0 Å². The predicted molar refractivity (Wildman–Crippen MR) is 116 cm³/mol. The van der Waals surface area contributed by atoms with Gasteiger partial charge < -0.3 is 14.5 Å². The highest BCUT2D eigenvalue weighted by Crippen LogP contribution is 2.44. The number of benzene rings is 3. The summed E-state index contributed by atoms with van der Waals surface area (Å²) in [4.78, 5) is 7.28. The fourth-order valence-electron chi connectivity index (χ4n) is 4.44. The van der Waals surface area contributed by atoms with E-state index in [1.54, 1.807) is 0 Å². The molecule has 27 heavy (non-hydrogen) atoms. The molecule has 0 radical (unpaired) electrons. The normalized spacial score (nSPS) is 17.9. The Morgan fingerprint density at radius 2 is 1.44 bits per heavy atom. The molecule has 1 atom stereocenters. The second-order valence-electron chi connectivity index (χ2n) is 7.22. The molecular weight excluding hydrogens is 329 g/mol. The molecule has 0 fully saturated rings. The van der Waals surface area contributed by atoms with E-state index in [4.69, 9.17) is 0 Å². The van der Waals surface area contributed by atoms with Crippen molar-refractivity contribution in [1.82, 2.24) is 4.81 Å². The molecule has 3 aromatic carbocycles. The summed E-state index contributed by atoms with van der Waals surface area (Å²) in [7, 11) is 2.16. The Bertz CT molecular complexity index is 1000. The topological polar surface area (TPSA) is 9.72 Å². The predicted octanol–water partition coefficient (Wildman–Crippen LogP) is 4.30. The van der Waals surface area contributed by atoms with Crippen LogP contribution in [0.3, 0.4) is 0 Å². The molecule has 0 spiro atoms. The second-order valence-corrected chi connectivity index (χ2v) is 7.22. The van der Waals surface area contributed by atoms with Crippen molar-refractivity contribution in [2.75, 3.05) is 16.8 Å². The summed E-state index contributed by atoms with van der Waals surface area (Å²) in [5.41, 5.74) is 6.40. The van der Waals surface area contributed by atoms with Gasteiger partial charge in [0.2, 0.25) is 0 Å². The molecule has 0 saturated carbocycles. The molecule has 0 saturated heterocycles. The maximum absolute atomic E-state index is 2.53. The van der Waals surface area contributed by atoms with Gasteiger partial charge >= 0.3 is 6.98 Å². The first kappa shape index (κ1) is 16.1. The zero-order valence-corrected chi connectivity index (χ0v) is 15.7. The molecule has 3 nitrogen and oxygen atoms in total. The molecule has 2 aliphatic rings. The van der Waals surface area contributed by atoms with Crippen molar-refractivity contribution in [1.29, 1.82) is 0 Å². The van der Waals surface area contributed by atoms with Crippen molar-refractivity contribution in [3.8, 4) is 0 Å². The van der Waals surface area contributed by atoms with Gasteiger partial charge in [-0.3, -0.25) is 0 Å². The summed E-state index contributed by atoms with van der Waals surface area (Å²) in [5, 5.41) is 0. The molecule has 4 heteroatoms. The van der Waals surface area contributed by atoms with Crippen molar-refractivity contribution in [2.45, 2.75) is 13.1 Å². The molecule has 0 amide bonds. The van der Waals surface area contributed by atoms with E-state index in [-0.39, 0.29) is 13.1 Å². The zero-order valence-electron chi connectivity index (χ0n) is 15.7. The number of para-hydroxylation sites is 3. The van der Waals surface area contributed by atoms with Gasteiger partial charge in [0.05, 0.1) is 17.5 Å². The first-order valence-corrected chi connectivity index (χ1v) is 9.46. The smallest absolute Gasteiger partial charge is 0.401 e. The average Bonchev–Trinajstić information content (AvgIpc) is 3.00. The summed E-state index contributed by atoms with van der Waals surface area (Å²) in [6, 6.07) is 28.1. The molecule has 3 aromatic rings. The van der Waals surface area contributed by atoms with E-state index in [0.717, 1.165) is 0 Å². The van der Waals surface area contributed by atoms with Gasteiger partial charge in [-0.05, 0) is 61.5 Å². The van der Waals surface area contributed by atoms with Crippen LogP contribution in [0.4, 0.5) is 17.1 Å². The number of fused-ring (bicyclic) bond motifs is 2. The van der Waals surface area contributed by atoms with E-state index < -0.39 is 0 Å². The van der Waals surface area contributed by atoms with E-state index in [2.05, 4.69) is 120 Å². The van der Waals surface area contributed by atoms with Crippen LogP contribution in [0.2, 0.25) is 0 Å². The highest BCUT2D eigenvalue weighted by atomic mass is 15.4. The minimum Gasteiger partial charge on any atom is -0.401 e. The Hall–Kier alpha value is -3.14. The van der Waals surface area contributed by atoms with E-state index in [9.17, 15) is 0 Å². The molecule has 0 N–H and O–H groups in total. The quantitative estimate of drug-likeness (QED) is 0.638. The van der Waals surface area contributed by atoms with Crippen molar-refractivity contribution < 1.29 is 0 Å². The van der Waals surface area contributed by atoms with Crippen molar-refractivity contribution in [3.05, 3.63) is 90.6 Å². The van der Waals surface area contributed by atoms with Crippen LogP contribution in [0.5, 0.6) is 0 Å². The minimum atomic E-state index is 0.163. The lowest BCUT2D eigenvalue weighted by Crippen LogP contribution is -2.62. The highest BCUT2D eigenvalue weighted by Gasteiger charge is 2.43. The largest absolute Gasteiger partial charge is 0.412 e. The molecule has 2 aliphatic heterocycles. The molecule has 0 unspecified atom stereocenters. The monoisotopic (exact) mass is 351 g/mol. The van der Waals surface area contributed by atoms with Gasteiger partial charge in [0, 0.05) is 5.69 Å². The molecule has 0 aromatic heterocycles. The molecule has 132 valence electrons.